The lowest BCUT2D eigenvalue weighted by Crippen LogP contribution is -2.46. The Morgan fingerprint density at radius 2 is 1.87 bits per heavy atom. The van der Waals surface area contributed by atoms with Crippen LogP contribution in [0.15, 0.2) is 0 Å². The van der Waals surface area contributed by atoms with E-state index in [1.165, 1.54) is 0 Å². The summed E-state index contributed by atoms with van der Waals surface area (Å²) in [6.07, 6.45) is 0. The number of hydrogen-bond acceptors (Lipinski definition) is 3. The number of nitrogens with zero attached hydrogens (tertiary/aromatic N) is 1. The van der Waals surface area contributed by atoms with E-state index in [1.807, 2.05) is 32.6 Å². The van der Waals surface area contributed by atoms with Crippen LogP contribution in [0.3, 0.4) is 0 Å². The van der Waals surface area contributed by atoms with Crippen LogP contribution in [-0.2, 0) is 9.53 Å². The van der Waals surface area contributed by atoms with E-state index < -0.39 is 0 Å². The molecule has 0 heterocycles. The van der Waals surface area contributed by atoms with Gasteiger partial charge in [0.2, 0.25) is 5.91 Å². The summed E-state index contributed by atoms with van der Waals surface area (Å²) < 4.78 is 4.99. The molecule has 4 nitrogen and oxygen atoms in total. The van der Waals surface area contributed by atoms with Gasteiger partial charge in [-0.1, -0.05) is 6.92 Å². The fraction of sp³-hybridized carbons (Fsp3) is 0.909. The van der Waals surface area contributed by atoms with Gasteiger partial charge in [0.1, 0.15) is 0 Å². The lowest BCUT2D eigenvalue weighted by molar-refractivity contribution is -0.137. The van der Waals surface area contributed by atoms with Crippen molar-refractivity contribution in [3.63, 3.8) is 0 Å². The molecule has 0 aliphatic carbocycles. The molecule has 0 saturated heterocycles. The molecular weight excluding hydrogens is 192 g/mol. The van der Waals surface area contributed by atoms with Gasteiger partial charge in [0.25, 0.3) is 0 Å². The van der Waals surface area contributed by atoms with Crippen molar-refractivity contribution in [2.45, 2.75) is 39.8 Å². The summed E-state index contributed by atoms with van der Waals surface area (Å²) in [4.78, 5) is 13.8. The Kier molecular flexibility index (Phi) is 6.52. The standard InChI is InChI=1S/C11H24N2O2/c1-8(2)13(6-7-15-5)11(14)9(3)10(4)12/h8-10H,6-7,12H2,1-5H3. The quantitative estimate of drug-likeness (QED) is 0.716. The molecule has 15 heavy (non-hydrogen) atoms. The van der Waals surface area contributed by atoms with Crippen LogP contribution in [0.2, 0.25) is 0 Å². The van der Waals surface area contributed by atoms with Crippen molar-refractivity contribution in [1.82, 2.24) is 4.90 Å². The first-order valence-corrected chi connectivity index (χ1v) is 5.46. The fourth-order valence-electron chi connectivity index (χ4n) is 1.30. The smallest absolute Gasteiger partial charge is 0.227 e. The maximum absolute atomic E-state index is 12.0. The monoisotopic (exact) mass is 216 g/mol. The number of nitrogens with two attached hydrogens (primary N) is 1. The van der Waals surface area contributed by atoms with Gasteiger partial charge in [0.15, 0.2) is 0 Å². The average Bonchev–Trinajstić information content (AvgIpc) is 2.16. The largest absolute Gasteiger partial charge is 0.383 e. The lowest BCUT2D eigenvalue weighted by Gasteiger charge is -2.30. The van der Waals surface area contributed by atoms with Crippen molar-refractivity contribution in [1.29, 1.82) is 0 Å². The number of hydrogen-bond donors (Lipinski definition) is 1. The molecule has 0 fully saturated rings. The molecule has 0 bridgehead atoms. The van der Waals surface area contributed by atoms with Gasteiger partial charge in [-0.2, -0.15) is 0 Å². The Balaban J connectivity index is 4.41. The number of rotatable bonds is 6. The molecule has 0 aliphatic heterocycles. The van der Waals surface area contributed by atoms with Crippen LogP contribution >= 0.6 is 0 Å². The van der Waals surface area contributed by atoms with E-state index in [9.17, 15) is 4.79 Å². The van der Waals surface area contributed by atoms with Gasteiger partial charge < -0.3 is 15.4 Å². The predicted molar refractivity (Wildman–Crippen MR) is 61.5 cm³/mol. The number of carbonyl (C=O) groups excluding carboxylic acids is 1. The third-order valence-electron chi connectivity index (χ3n) is 2.62. The van der Waals surface area contributed by atoms with E-state index in [-0.39, 0.29) is 23.9 Å². The second-order valence-electron chi connectivity index (χ2n) is 4.27. The van der Waals surface area contributed by atoms with Crippen LogP contribution in [0, 0.1) is 5.92 Å². The summed E-state index contributed by atoms with van der Waals surface area (Å²) in [5, 5.41) is 0. The normalized spacial score (nSPS) is 15.1. The van der Waals surface area contributed by atoms with Gasteiger partial charge in [-0.3, -0.25) is 4.79 Å². The second-order valence-corrected chi connectivity index (χ2v) is 4.27. The van der Waals surface area contributed by atoms with Crippen molar-refractivity contribution in [3.05, 3.63) is 0 Å². The lowest BCUT2D eigenvalue weighted by atomic mass is 10.0. The van der Waals surface area contributed by atoms with Crippen LogP contribution in [0.4, 0.5) is 0 Å². The molecule has 0 aromatic rings. The van der Waals surface area contributed by atoms with Crippen molar-refractivity contribution < 1.29 is 9.53 Å². The van der Waals surface area contributed by atoms with Crippen LogP contribution in [0.1, 0.15) is 27.7 Å². The summed E-state index contributed by atoms with van der Waals surface area (Å²) in [5.41, 5.74) is 5.72. The molecule has 0 rings (SSSR count). The Morgan fingerprint density at radius 1 is 1.33 bits per heavy atom. The van der Waals surface area contributed by atoms with Crippen LogP contribution in [-0.4, -0.2) is 43.2 Å². The summed E-state index contributed by atoms with van der Waals surface area (Å²) in [7, 11) is 1.64. The molecule has 0 aromatic carbocycles. The molecule has 0 aromatic heterocycles. The number of amides is 1. The first-order chi connectivity index (χ1) is 6.91. The number of methoxy groups -OCH3 is 1. The van der Waals surface area contributed by atoms with E-state index in [1.54, 1.807) is 7.11 Å². The molecular formula is C11H24N2O2. The van der Waals surface area contributed by atoms with E-state index >= 15 is 0 Å². The van der Waals surface area contributed by atoms with Gasteiger partial charge >= 0.3 is 0 Å². The molecule has 2 unspecified atom stereocenters. The van der Waals surface area contributed by atoms with Gasteiger partial charge in [0.05, 0.1) is 12.5 Å². The van der Waals surface area contributed by atoms with Crippen LogP contribution < -0.4 is 5.73 Å². The van der Waals surface area contributed by atoms with Crippen molar-refractivity contribution in [3.8, 4) is 0 Å². The highest BCUT2D eigenvalue weighted by Crippen LogP contribution is 2.09. The molecule has 0 saturated carbocycles. The van der Waals surface area contributed by atoms with Crippen molar-refractivity contribution in [2.75, 3.05) is 20.3 Å². The zero-order valence-corrected chi connectivity index (χ0v) is 10.5. The van der Waals surface area contributed by atoms with Crippen LogP contribution in [0.25, 0.3) is 0 Å². The summed E-state index contributed by atoms with van der Waals surface area (Å²) >= 11 is 0. The Bertz CT molecular complexity index is 193. The first-order valence-electron chi connectivity index (χ1n) is 5.46. The summed E-state index contributed by atoms with van der Waals surface area (Å²) in [5.74, 6) is -0.0266. The van der Waals surface area contributed by atoms with Gasteiger partial charge in [0, 0.05) is 25.7 Å². The van der Waals surface area contributed by atoms with E-state index in [0.29, 0.717) is 13.2 Å². The molecule has 90 valence electrons. The van der Waals surface area contributed by atoms with Gasteiger partial charge in [-0.05, 0) is 20.8 Å². The first kappa shape index (κ1) is 14.4. The third kappa shape index (κ3) is 4.62. The maximum Gasteiger partial charge on any atom is 0.227 e. The minimum atomic E-state index is -0.135. The molecule has 1 amide bonds. The molecule has 4 heteroatoms. The van der Waals surface area contributed by atoms with E-state index in [0.717, 1.165) is 0 Å². The minimum Gasteiger partial charge on any atom is -0.383 e. The van der Waals surface area contributed by atoms with E-state index in [2.05, 4.69) is 0 Å². The molecule has 0 spiro atoms. The third-order valence-corrected chi connectivity index (χ3v) is 2.62. The Hall–Kier alpha value is -0.610. The molecule has 0 aliphatic rings. The maximum atomic E-state index is 12.0. The summed E-state index contributed by atoms with van der Waals surface area (Å²) in [6, 6.07) is 0.0788. The Morgan fingerprint density at radius 3 is 2.20 bits per heavy atom. The highest BCUT2D eigenvalue weighted by Gasteiger charge is 2.24. The highest BCUT2D eigenvalue weighted by atomic mass is 16.5. The van der Waals surface area contributed by atoms with Crippen molar-refractivity contribution in [2.24, 2.45) is 11.7 Å². The SMILES string of the molecule is COCCN(C(=O)C(C)C(C)N)C(C)C. The molecule has 0 radical (unpaired) electrons. The fourth-order valence-corrected chi connectivity index (χ4v) is 1.30. The highest BCUT2D eigenvalue weighted by molar-refractivity contribution is 5.79. The van der Waals surface area contributed by atoms with Crippen LogP contribution in [0.5, 0.6) is 0 Å². The Labute approximate surface area is 92.8 Å². The van der Waals surface area contributed by atoms with Gasteiger partial charge in [-0.25, -0.2) is 0 Å². The predicted octanol–water partition coefficient (Wildman–Crippen LogP) is 0.853. The number of carbonyl (C=O) groups is 1. The average molecular weight is 216 g/mol. The zero-order valence-electron chi connectivity index (χ0n) is 10.5. The summed E-state index contributed by atoms with van der Waals surface area (Å²) in [6.45, 7) is 8.93. The zero-order chi connectivity index (χ0) is 12.0. The number of ether oxygens (including phenoxy) is 1. The topological polar surface area (TPSA) is 55.6 Å². The van der Waals surface area contributed by atoms with Gasteiger partial charge in [-0.15, -0.1) is 0 Å². The molecule has 2 N–H and O–H groups in total. The van der Waals surface area contributed by atoms with E-state index in [4.69, 9.17) is 10.5 Å². The second kappa shape index (κ2) is 6.80. The minimum absolute atomic E-state index is 0.108. The molecule has 2 atom stereocenters. The van der Waals surface area contributed by atoms with Crippen molar-refractivity contribution >= 4 is 5.91 Å².